The van der Waals surface area contributed by atoms with Gasteiger partial charge in [0.15, 0.2) is 0 Å². The van der Waals surface area contributed by atoms with Crippen molar-refractivity contribution in [3.63, 3.8) is 0 Å². The van der Waals surface area contributed by atoms with E-state index in [1.54, 1.807) is 0 Å². The number of aliphatic carboxylic acids is 1. The van der Waals surface area contributed by atoms with E-state index in [1.807, 2.05) is 11.8 Å². The summed E-state index contributed by atoms with van der Waals surface area (Å²) >= 11 is 0. The molecule has 0 unspecified atom stereocenters. The summed E-state index contributed by atoms with van der Waals surface area (Å²) in [4.78, 5) is 12.7. The number of nitrogens with zero attached hydrogens (tertiary/aromatic N) is 1. The highest BCUT2D eigenvalue weighted by atomic mass is 16.4. The summed E-state index contributed by atoms with van der Waals surface area (Å²) in [6, 6.07) is 0.219. The van der Waals surface area contributed by atoms with E-state index in [2.05, 4.69) is 6.92 Å². The van der Waals surface area contributed by atoms with E-state index in [0.717, 1.165) is 19.4 Å². The quantitative estimate of drug-likeness (QED) is 0.648. The number of likely N-dealkylation sites (N-methyl/N-ethyl adjacent to an activating group) is 1. The molecule has 0 bridgehead atoms. The molecule has 11 heavy (non-hydrogen) atoms. The van der Waals surface area contributed by atoms with Crippen LogP contribution in [-0.2, 0) is 4.79 Å². The SMILES string of the molecule is CCN1[C@@H](C)CC[C@H]1C(=O)O. The van der Waals surface area contributed by atoms with Gasteiger partial charge in [-0.15, -0.1) is 0 Å². The molecule has 1 N–H and O–H groups in total. The van der Waals surface area contributed by atoms with Gasteiger partial charge in [-0.05, 0) is 26.3 Å². The highest BCUT2D eigenvalue weighted by Crippen LogP contribution is 2.22. The Labute approximate surface area is 67.0 Å². The number of hydrogen-bond donors (Lipinski definition) is 1. The summed E-state index contributed by atoms with van der Waals surface area (Å²) in [5.74, 6) is -0.670. The fraction of sp³-hybridized carbons (Fsp3) is 0.875. The predicted molar refractivity (Wildman–Crippen MR) is 42.5 cm³/mol. The van der Waals surface area contributed by atoms with Crippen molar-refractivity contribution < 1.29 is 9.90 Å². The van der Waals surface area contributed by atoms with Gasteiger partial charge >= 0.3 is 5.97 Å². The van der Waals surface area contributed by atoms with Gasteiger partial charge in [-0.25, -0.2) is 0 Å². The Hall–Kier alpha value is -0.570. The second kappa shape index (κ2) is 3.22. The van der Waals surface area contributed by atoms with Crippen LogP contribution in [0.25, 0.3) is 0 Å². The summed E-state index contributed by atoms with van der Waals surface area (Å²) in [6.07, 6.45) is 1.83. The molecule has 0 aromatic heterocycles. The summed E-state index contributed by atoms with van der Waals surface area (Å²) in [6.45, 7) is 4.95. The fourth-order valence-corrected chi connectivity index (χ4v) is 1.84. The first-order valence-electron chi connectivity index (χ1n) is 4.15. The van der Waals surface area contributed by atoms with Crippen LogP contribution in [0.5, 0.6) is 0 Å². The maximum absolute atomic E-state index is 10.7. The van der Waals surface area contributed by atoms with Crippen molar-refractivity contribution in [2.45, 2.75) is 38.8 Å². The molecule has 0 aromatic rings. The molecule has 1 rings (SSSR count). The normalized spacial score (nSPS) is 32.5. The van der Waals surface area contributed by atoms with Gasteiger partial charge in [0.25, 0.3) is 0 Å². The molecule has 0 aliphatic carbocycles. The summed E-state index contributed by atoms with van der Waals surface area (Å²) in [5.41, 5.74) is 0. The Bertz CT molecular complexity index is 158. The Kier molecular flexibility index (Phi) is 2.49. The van der Waals surface area contributed by atoms with E-state index in [1.165, 1.54) is 0 Å². The average Bonchev–Trinajstić information content (AvgIpc) is 2.30. The van der Waals surface area contributed by atoms with Gasteiger partial charge in [0.05, 0.1) is 0 Å². The highest BCUT2D eigenvalue weighted by molar-refractivity contribution is 5.73. The van der Waals surface area contributed by atoms with E-state index >= 15 is 0 Å². The molecule has 1 aliphatic heterocycles. The van der Waals surface area contributed by atoms with Crippen LogP contribution in [0.3, 0.4) is 0 Å². The molecule has 1 heterocycles. The predicted octanol–water partition coefficient (Wildman–Crippen LogP) is 0.944. The van der Waals surface area contributed by atoms with Crippen molar-refractivity contribution in [2.75, 3.05) is 6.54 Å². The molecule has 0 radical (unpaired) electrons. The van der Waals surface area contributed by atoms with E-state index in [0.29, 0.717) is 6.04 Å². The lowest BCUT2D eigenvalue weighted by molar-refractivity contribution is -0.142. The van der Waals surface area contributed by atoms with Gasteiger partial charge in [-0.3, -0.25) is 9.69 Å². The molecule has 2 atom stereocenters. The minimum absolute atomic E-state index is 0.227. The second-order valence-corrected chi connectivity index (χ2v) is 3.11. The molecule has 0 saturated carbocycles. The van der Waals surface area contributed by atoms with Gasteiger partial charge in [0.2, 0.25) is 0 Å². The molecule has 3 nitrogen and oxygen atoms in total. The van der Waals surface area contributed by atoms with E-state index in [-0.39, 0.29) is 6.04 Å². The Balaban J connectivity index is 2.61. The smallest absolute Gasteiger partial charge is 0.320 e. The van der Waals surface area contributed by atoms with Crippen LogP contribution in [0, 0.1) is 0 Å². The Morgan fingerprint density at radius 1 is 1.64 bits per heavy atom. The monoisotopic (exact) mass is 157 g/mol. The van der Waals surface area contributed by atoms with Gasteiger partial charge < -0.3 is 5.11 Å². The largest absolute Gasteiger partial charge is 0.480 e. The number of rotatable bonds is 2. The maximum Gasteiger partial charge on any atom is 0.320 e. The molecule has 0 aromatic carbocycles. The van der Waals surface area contributed by atoms with Crippen LogP contribution in [0.15, 0.2) is 0 Å². The van der Waals surface area contributed by atoms with Crippen LogP contribution in [0.4, 0.5) is 0 Å². The number of carboxylic acids is 1. The molecule has 3 heteroatoms. The van der Waals surface area contributed by atoms with Crippen molar-refractivity contribution >= 4 is 5.97 Å². The first-order chi connectivity index (χ1) is 5.16. The molecule has 0 spiro atoms. The van der Waals surface area contributed by atoms with Crippen molar-refractivity contribution in [1.29, 1.82) is 0 Å². The topological polar surface area (TPSA) is 40.5 Å². The number of carbonyl (C=O) groups is 1. The molecular formula is C8H15NO2. The Morgan fingerprint density at radius 2 is 2.27 bits per heavy atom. The third-order valence-corrected chi connectivity index (χ3v) is 2.47. The summed E-state index contributed by atoms with van der Waals surface area (Å²) < 4.78 is 0. The fourth-order valence-electron chi connectivity index (χ4n) is 1.84. The molecule has 1 aliphatic rings. The van der Waals surface area contributed by atoms with Crippen molar-refractivity contribution in [3.8, 4) is 0 Å². The lowest BCUT2D eigenvalue weighted by Gasteiger charge is -2.23. The van der Waals surface area contributed by atoms with E-state index in [9.17, 15) is 4.79 Å². The first-order valence-corrected chi connectivity index (χ1v) is 4.15. The van der Waals surface area contributed by atoms with E-state index in [4.69, 9.17) is 5.11 Å². The third-order valence-electron chi connectivity index (χ3n) is 2.47. The molecule has 1 fully saturated rings. The number of likely N-dealkylation sites (tertiary alicyclic amines) is 1. The van der Waals surface area contributed by atoms with Gasteiger partial charge in [-0.1, -0.05) is 6.92 Å². The zero-order valence-corrected chi connectivity index (χ0v) is 7.08. The number of carboxylic acid groups (broad SMARTS) is 1. The van der Waals surface area contributed by atoms with Crippen molar-refractivity contribution in [3.05, 3.63) is 0 Å². The van der Waals surface area contributed by atoms with Crippen LogP contribution in [0.2, 0.25) is 0 Å². The highest BCUT2D eigenvalue weighted by Gasteiger charge is 2.33. The first kappa shape index (κ1) is 8.53. The average molecular weight is 157 g/mol. The minimum Gasteiger partial charge on any atom is -0.480 e. The van der Waals surface area contributed by atoms with E-state index < -0.39 is 5.97 Å². The molecule has 1 saturated heterocycles. The van der Waals surface area contributed by atoms with Crippen molar-refractivity contribution in [2.24, 2.45) is 0 Å². The third kappa shape index (κ3) is 1.53. The van der Waals surface area contributed by atoms with Gasteiger partial charge in [0.1, 0.15) is 6.04 Å². The zero-order valence-electron chi connectivity index (χ0n) is 7.08. The summed E-state index contributed by atoms with van der Waals surface area (Å²) in [5, 5.41) is 8.79. The second-order valence-electron chi connectivity index (χ2n) is 3.11. The summed E-state index contributed by atoms with van der Waals surface area (Å²) in [7, 11) is 0. The molecular weight excluding hydrogens is 142 g/mol. The number of hydrogen-bond acceptors (Lipinski definition) is 2. The standard InChI is InChI=1S/C8H15NO2/c1-3-9-6(2)4-5-7(9)8(10)11/h6-7H,3-5H2,1-2H3,(H,10,11)/t6-,7-/m0/s1. The van der Waals surface area contributed by atoms with Crippen LogP contribution >= 0.6 is 0 Å². The lowest BCUT2D eigenvalue weighted by atomic mass is 10.2. The molecule has 64 valence electrons. The maximum atomic E-state index is 10.7. The molecule has 0 amide bonds. The lowest BCUT2D eigenvalue weighted by Crippen LogP contribution is -2.39. The van der Waals surface area contributed by atoms with Crippen LogP contribution in [0.1, 0.15) is 26.7 Å². The zero-order chi connectivity index (χ0) is 8.43. The van der Waals surface area contributed by atoms with Crippen LogP contribution < -0.4 is 0 Å². The van der Waals surface area contributed by atoms with Gasteiger partial charge in [0, 0.05) is 6.04 Å². The Morgan fingerprint density at radius 3 is 2.64 bits per heavy atom. The van der Waals surface area contributed by atoms with Crippen LogP contribution in [-0.4, -0.2) is 34.6 Å². The minimum atomic E-state index is -0.670. The van der Waals surface area contributed by atoms with Gasteiger partial charge in [-0.2, -0.15) is 0 Å². The van der Waals surface area contributed by atoms with Crippen molar-refractivity contribution in [1.82, 2.24) is 4.90 Å².